The molecule has 1 aliphatic heterocycles. The van der Waals surface area contributed by atoms with E-state index in [9.17, 15) is 0 Å². The first-order chi connectivity index (χ1) is 14.9. The summed E-state index contributed by atoms with van der Waals surface area (Å²) in [5.41, 5.74) is 4.42. The maximum atomic E-state index is 2.51. The fourth-order valence-electron chi connectivity index (χ4n) is 4.52. The Balaban J connectivity index is 1.43. The van der Waals surface area contributed by atoms with E-state index in [-0.39, 0.29) is 7.23 Å². The molecule has 3 aromatic carbocycles. The first-order valence-electron chi connectivity index (χ1n) is 11.2. The largest absolute Gasteiger partial charge is 0.0945 e. The second-order valence-electron chi connectivity index (χ2n) is 8.15. The van der Waals surface area contributed by atoms with Gasteiger partial charge in [-0.15, -0.1) is 0 Å². The maximum Gasteiger partial charge on any atom is 0.00893 e. The quantitative estimate of drug-likeness (QED) is 0.284. The molecule has 0 fully saturated rings. The Kier molecular flexibility index (Phi) is 8.19. The van der Waals surface area contributed by atoms with E-state index >= 15 is 0 Å². The van der Waals surface area contributed by atoms with E-state index in [0.717, 1.165) is 8.27 Å². The molecule has 1 aliphatic rings. The maximum absolute atomic E-state index is 2.51. The highest BCUT2D eigenvalue weighted by Crippen LogP contribution is 2.51. The second kappa shape index (κ2) is 11.5. The van der Waals surface area contributed by atoms with Crippen LogP contribution in [0.3, 0.4) is 0 Å². The van der Waals surface area contributed by atoms with Gasteiger partial charge in [0, 0.05) is 5.92 Å². The van der Waals surface area contributed by atoms with Gasteiger partial charge in [-0.25, -0.2) is 0 Å². The van der Waals surface area contributed by atoms with Gasteiger partial charge in [-0.05, 0) is 48.0 Å². The van der Waals surface area contributed by atoms with Gasteiger partial charge in [-0.3, -0.25) is 0 Å². The molecule has 3 unspecified atom stereocenters. The number of hydrogen-bond donors (Lipinski definition) is 0. The average Bonchev–Trinajstić information content (AvgIpc) is 3.34. The van der Waals surface area contributed by atoms with E-state index in [1.807, 2.05) is 0 Å². The molecular formula is C28H32P2. The van der Waals surface area contributed by atoms with Crippen molar-refractivity contribution in [3.63, 3.8) is 0 Å². The van der Waals surface area contributed by atoms with Gasteiger partial charge in [0.25, 0.3) is 0 Å². The summed E-state index contributed by atoms with van der Waals surface area (Å²) in [6.45, 7) is 0. The Labute approximate surface area is 184 Å². The van der Waals surface area contributed by atoms with Crippen LogP contribution in [-0.4, -0.2) is 12.0 Å². The second-order valence-corrected chi connectivity index (χ2v) is 13.4. The van der Waals surface area contributed by atoms with Gasteiger partial charge in [-0.1, -0.05) is 131 Å². The highest BCUT2D eigenvalue weighted by molar-refractivity contribution is 8.22. The summed E-state index contributed by atoms with van der Waals surface area (Å²) in [6, 6.07) is 33.3. The van der Waals surface area contributed by atoms with E-state index in [1.165, 1.54) is 48.5 Å². The van der Waals surface area contributed by atoms with Crippen LogP contribution in [-0.2, 0) is 0 Å². The number of allylic oxidation sites excluding steroid dienone is 1. The minimum atomic E-state index is -0.248. The van der Waals surface area contributed by atoms with Crippen LogP contribution in [0.2, 0.25) is 0 Å². The number of rotatable bonds is 10. The van der Waals surface area contributed by atoms with Crippen LogP contribution >= 0.6 is 15.5 Å². The molecule has 0 bridgehead atoms. The summed E-state index contributed by atoms with van der Waals surface area (Å²) in [5, 5.41) is 0. The number of hydrogen-bond acceptors (Lipinski definition) is 0. The van der Waals surface area contributed by atoms with Crippen molar-refractivity contribution in [3.05, 3.63) is 120 Å². The topological polar surface area (TPSA) is 0 Å². The molecule has 0 aliphatic carbocycles. The van der Waals surface area contributed by atoms with Crippen molar-refractivity contribution < 1.29 is 0 Å². The van der Waals surface area contributed by atoms with Crippen LogP contribution in [0.15, 0.2) is 103 Å². The van der Waals surface area contributed by atoms with Gasteiger partial charge < -0.3 is 0 Å². The Morgan fingerprint density at radius 1 is 0.633 bits per heavy atom. The molecule has 3 atom stereocenters. The Morgan fingerprint density at radius 2 is 1.20 bits per heavy atom. The van der Waals surface area contributed by atoms with E-state index in [4.69, 9.17) is 0 Å². The third-order valence-electron chi connectivity index (χ3n) is 6.14. The summed E-state index contributed by atoms with van der Waals surface area (Å²) < 4.78 is 0. The molecule has 0 saturated carbocycles. The van der Waals surface area contributed by atoms with E-state index < -0.39 is 0 Å². The van der Waals surface area contributed by atoms with Crippen molar-refractivity contribution in [2.75, 3.05) is 6.16 Å². The predicted octanol–water partition coefficient (Wildman–Crippen LogP) is 8.30. The molecule has 154 valence electrons. The SMILES string of the molecule is C1=CP[PH](CCC(CCCC(c2ccccc2)c2ccccc2)c2ccccc2)=C1. The first-order valence-corrected chi connectivity index (χ1v) is 15.0. The third kappa shape index (κ3) is 6.07. The van der Waals surface area contributed by atoms with Crippen molar-refractivity contribution in [2.24, 2.45) is 0 Å². The van der Waals surface area contributed by atoms with Gasteiger partial charge in [0.15, 0.2) is 0 Å². The summed E-state index contributed by atoms with van der Waals surface area (Å²) in [4.78, 5) is 0. The lowest BCUT2D eigenvalue weighted by Crippen LogP contribution is -2.05. The Morgan fingerprint density at radius 3 is 1.73 bits per heavy atom. The number of benzene rings is 3. The van der Waals surface area contributed by atoms with Gasteiger partial charge in [0.05, 0.1) is 0 Å². The molecule has 3 aromatic rings. The highest BCUT2D eigenvalue weighted by atomic mass is 32.0. The summed E-state index contributed by atoms with van der Waals surface area (Å²) >= 11 is 0. The van der Waals surface area contributed by atoms with Crippen LogP contribution in [0.1, 0.15) is 54.2 Å². The Hall–Kier alpha value is -1.87. The molecule has 0 radical (unpaired) electrons. The molecule has 0 nitrogen and oxygen atoms in total. The molecule has 0 spiro atoms. The van der Waals surface area contributed by atoms with E-state index in [0.29, 0.717) is 11.8 Å². The molecule has 30 heavy (non-hydrogen) atoms. The summed E-state index contributed by atoms with van der Waals surface area (Å²) in [6.07, 6.45) is 8.81. The zero-order valence-electron chi connectivity index (χ0n) is 17.6. The lowest BCUT2D eigenvalue weighted by Gasteiger charge is -2.22. The smallest absolute Gasteiger partial charge is 0.00893 e. The fraction of sp³-hybridized carbons (Fsp3) is 0.250. The Bertz CT molecular complexity index is 906. The van der Waals surface area contributed by atoms with Crippen molar-refractivity contribution in [3.8, 4) is 0 Å². The standard InChI is InChI=1S/C28H32P2/c1-4-12-24(13-5-1)25(20-23-30-22-11-21-29-30)18-10-19-28(26-14-6-2-7-15-26)27-16-8-3-9-17-27/h1-9,11-17,21-22,25,28-30H,10,18-20,23H2. The van der Waals surface area contributed by atoms with Gasteiger partial charge in [-0.2, -0.15) is 0 Å². The van der Waals surface area contributed by atoms with Crippen molar-refractivity contribution in [2.45, 2.75) is 37.5 Å². The van der Waals surface area contributed by atoms with Gasteiger partial charge >= 0.3 is 0 Å². The summed E-state index contributed by atoms with van der Waals surface area (Å²) in [5.74, 6) is 6.07. The normalized spacial score (nSPS) is 17.3. The highest BCUT2D eigenvalue weighted by Gasteiger charge is 2.17. The van der Waals surface area contributed by atoms with Crippen LogP contribution in [0.5, 0.6) is 0 Å². The first kappa shape index (κ1) is 21.4. The lowest BCUT2D eigenvalue weighted by atomic mass is 9.84. The van der Waals surface area contributed by atoms with Crippen LogP contribution < -0.4 is 0 Å². The minimum absolute atomic E-state index is 0.248. The lowest BCUT2D eigenvalue weighted by molar-refractivity contribution is 0.541. The monoisotopic (exact) mass is 430 g/mol. The predicted molar refractivity (Wildman–Crippen MR) is 139 cm³/mol. The molecular weight excluding hydrogens is 398 g/mol. The van der Waals surface area contributed by atoms with Gasteiger partial charge in [0.1, 0.15) is 0 Å². The van der Waals surface area contributed by atoms with Crippen molar-refractivity contribution in [1.29, 1.82) is 0 Å². The minimum Gasteiger partial charge on any atom is -0.0945 e. The zero-order chi connectivity index (χ0) is 20.4. The molecule has 0 N–H and O–H groups in total. The van der Waals surface area contributed by atoms with Crippen LogP contribution in [0.4, 0.5) is 0 Å². The molecule has 0 saturated heterocycles. The van der Waals surface area contributed by atoms with Crippen LogP contribution in [0, 0.1) is 0 Å². The molecule has 2 heteroatoms. The van der Waals surface area contributed by atoms with E-state index in [2.05, 4.69) is 109 Å². The fourth-order valence-corrected chi connectivity index (χ4v) is 8.89. The average molecular weight is 431 g/mol. The van der Waals surface area contributed by atoms with Crippen molar-refractivity contribution >= 4 is 21.3 Å². The van der Waals surface area contributed by atoms with Crippen LogP contribution in [0.25, 0.3) is 0 Å². The van der Waals surface area contributed by atoms with Crippen molar-refractivity contribution in [1.82, 2.24) is 0 Å². The molecule has 1 heterocycles. The molecule has 0 amide bonds. The molecule has 4 rings (SSSR count). The third-order valence-corrected chi connectivity index (χ3v) is 11.2. The molecule has 0 aromatic heterocycles. The zero-order valence-corrected chi connectivity index (χ0v) is 19.6. The van der Waals surface area contributed by atoms with Gasteiger partial charge in [0.2, 0.25) is 0 Å². The van der Waals surface area contributed by atoms with E-state index in [1.54, 1.807) is 0 Å². The summed E-state index contributed by atoms with van der Waals surface area (Å²) in [7, 11) is 0.835.